The molecule has 0 spiro atoms. The Hall–Kier alpha value is -3.60. The highest BCUT2D eigenvalue weighted by Gasteiger charge is 2.30. The molecule has 0 unspecified atom stereocenters. The molecule has 0 bridgehead atoms. The highest BCUT2D eigenvalue weighted by atomic mass is 16.7. The predicted molar refractivity (Wildman–Crippen MR) is 159 cm³/mol. The van der Waals surface area contributed by atoms with Gasteiger partial charge in [-0.2, -0.15) is 0 Å². The monoisotopic (exact) mass is 551 g/mol. The Kier molecular flexibility index (Phi) is 12.8. The van der Waals surface area contributed by atoms with Crippen LogP contribution in [0.25, 0.3) is 0 Å². The van der Waals surface area contributed by atoms with E-state index in [-0.39, 0.29) is 0 Å². The van der Waals surface area contributed by atoms with E-state index in [9.17, 15) is 0 Å². The standard InChI is InChI=1S/C30H42BN3O6/c1-32(2)19-22-35-25-7-13-28(14-8-25)38-31(39-29-15-9-26(10-16-29)36-23-20-33(3)4)40-30-17-11-27(12-18-30)37-24-21-34(5)6/h7-18H,19-24H2,1-6H3. The molecule has 3 aromatic rings. The van der Waals surface area contributed by atoms with E-state index in [1.807, 2.05) is 115 Å². The number of hydrogen-bond acceptors (Lipinski definition) is 9. The molecule has 40 heavy (non-hydrogen) atoms. The van der Waals surface area contributed by atoms with E-state index in [2.05, 4.69) is 14.7 Å². The summed E-state index contributed by atoms with van der Waals surface area (Å²) in [4.78, 5) is 6.21. The van der Waals surface area contributed by atoms with Gasteiger partial charge in [0.2, 0.25) is 0 Å². The summed E-state index contributed by atoms with van der Waals surface area (Å²) in [5, 5.41) is 0. The molecule has 0 N–H and O–H groups in total. The molecule has 0 saturated carbocycles. The number of likely N-dealkylation sites (N-methyl/N-ethyl adjacent to an activating group) is 3. The van der Waals surface area contributed by atoms with Gasteiger partial charge in [-0.3, -0.25) is 0 Å². The van der Waals surface area contributed by atoms with Crippen molar-refractivity contribution in [3.63, 3.8) is 0 Å². The topological polar surface area (TPSA) is 65.1 Å². The Morgan fingerprint density at radius 2 is 0.625 bits per heavy atom. The van der Waals surface area contributed by atoms with E-state index in [0.717, 1.165) is 36.9 Å². The van der Waals surface area contributed by atoms with E-state index in [1.54, 1.807) is 0 Å². The molecule has 0 radical (unpaired) electrons. The van der Waals surface area contributed by atoms with Crippen LogP contribution in [0.15, 0.2) is 72.8 Å². The van der Waals surface area contributed by atoms with Gasteiger partial charge in [-0.15, -0.1) is 0 Å². The Labute approximate surface area is 239 Å². The molecule has 0 aliphatic carbocycles. The fourth-order valence-electron chi connectivity index (χ4n) is 3.29. The van der Waals surface area contributed by atoms with Crippen LogP contribution in [0.2, 0.25) is 0 Å². The number of rotatable bonds is 18. The molecule has 10 heteroatoms. The fraction of sp³-hybridized carbons (Fsp3) is 0.400. The van der Waals surface area contributed by atoms with Crippen molar-refractivity contribution < 1.29 is 28.2 Å². The SMILES string of the molecule is CN(C)CCOc1ccc(OB(Oc2ccc(OCCN(C)C)cc2)Oc2ccc(OCCN(C)C)cc2)cc1. The van der Waals surface area contributed by atoms with Crippen molar-refractivity contribution in [3.8, 4) is 34.5 Å². The summed E-state index contributed by atoms with van der Waals surface area (Å²) >= 11 is 0. The van der Waals surface area contributed by atoms with E-state index in [4.69, 9.17) is 28.2 Å². The lowest BCUT2D eigenvalue weighted by Gasteiger charge is -2.18. The molecule has 0 aromatic heterocycles. The summed E-state index contributed by atoms with van der Waals surface area (Å²) in [6.07, 6.45) is 0. The Morgan fingerprint density at radius 3 is 0.850 bits per heavy atom. The van der Waals surface area contributed by atoms with Crippen LogP contribution in [0.3, 0.4) is 0 Å². The number of hydrogen-bond donors (Lipinski definition) is 0. The van der Waals surface area contributed by atoms with E-state index < -0.39 is 7.32 Å². The summed E-state index contributed by atoms with van der Waals surface area (Å²) < 4.78 is 35.6. The predicted octanol–water partition coefficient (Wildman–Crippen LogP) is 4.03. The lowest BCUT2D eigenvalue weighted by atomic mass is 10.2. The van der Waals surface area contributed by atoms with E-state index >= 15 is 0 Å². The van der Waals surface area contributed by atoms with Gasteiger partial charge in [-0.1, -0.05) is 0 Å². The van der Waals surface area contributed by atoms with Crippen LogP contribution in [-0.4, -0.2) is 104 Å². The van der Waals surface area contributed by atoms with Crippen molar-refractivity contribution in [1.29, 1.82) is 0 Å². The lowest BCUT2D eigenvalue weighted by Crippen LogP contribution is -2.36. The molecule has 0 aliphatic rings. The zero-order valence-corrected chi connectivity index (χ0v) is 24.5. The second kappa shape index (κ2) is 16.5. The lowest BCUT2D eigenvalue weighted by molar-refractivity contribution is 0.260. The molecule has 3 rings (SSSR count). The first-order chi connectivity index (χ1) is 19.3. The molecule has 9 nitrogen and oxygen atoms in total. The van der Waals surface area contributed by atoms with Crippen molar-refractivity contribution in [2.24, 2.45) is 0 Å². The van der Waals surface area contributed by atoms with Crippen molar-refractivity contribution in [3.05, 3.63) is 72.8 Å². The van der Waals surface area contributed by atoms with Crippen LogP contribution in [0.4, 0.5) is 0 Å². The first-order valence-corrected chi connectivity index (χ1v) is 13.4. The number of ether oxygens (including phenoxy) is 3. The average Bonchev–Trinajstić information content (AvgIpc) is 2.91. The molecule has 0 atom stereocenters. The Bertz CT molecular complexity index is 954. The zero-order valence-electron chi connectivity index (χ0n) is 24.5. The zero-order chi connectivity index (χ0) is 28.7. The molecular formula is C30H42BN3O6. The molecule has 0 aliphatic heterocycles. The van der Waals surface area contributed by atoms with Gasteiger partial charge in [0, 0.05) is 19.6 Å². The van der Waals surface area contributed by atoms with Crippen molar-refractivity contribution in [2.45, 2.75) is 0 Å². The third kappa shape index (κ3) is 12.1. The van der Waals surface area contributed by atoms with Gasteiger partial charge < -0.3 is 42.9 Å². The summed E-state index contributed by atoms with van der Waals surface area (Å²) in [7, 11) is 11.0. The summed E-state index contributed by atoms with van der Waals surface area (Å²) in [5.74, 6) is 4.04. The van der Waals surface area contributed by atoms with Gasteiger partial charge in [0.15, 0.2) is 0 Å². The van der Waals surface area contributed by atoms with E-state index in [1.165, 1.54) is 0 Å². The molecule has 216 valence electrons. The second-order valence-corrected chi connectivity index (χ2v) is 10.0. The third-order valence-corrected chi connectivity index (χ3v) is 5.59. The fourth-order valence-corrected chi connectivity index (χ4v) is 3.29. The van der Waals surface area contributed by atoms with Crippen LogP contribution in [-0.2, 0) is 0 Å². The quantitative estimate of drug-likeness (QED) is 0.218. The van der Waals surface area contributed by atoms with Crippen LogP contribution < -0.4 is 28.2 Å². The molecule has 3 aromatic carbocycles. The smallest absolute Gasteiger partial charge is 0.492 e. The van der Waals surface area contributed by atoms with Gasteiger partial charge in [0.05, 0.1) is 0 Å². The Morgan fingerprint density at radius 1 is 0.400 bits per heavy atom. The van der Waals surface area contributed by atoms with Gasteiger partial charge in [-0.25, -0.2) is 0 Å². The molecular weight excluding hydrogens is 509 g/mol. The van der Waals surface area contributed by atoms with Crippen LogP contribution in [0.1, 0.15) is 0 Å². The van der Waals surface area contributed by atoms with Crippen LogP contribution in [0, 0.1) is 0 Å². The minimum atomic E-state index is -1.04. The van der Waals surface area contributed by atoms with Crippen molar-refractivity contribution >= 4 is 7.32 Å². The van der Waals surface area contributed by atoms with Gasteiger partial charge in [0.1, 0.15) is 54.3 Å². The first-order valence-electron chi connectivity index (χ1n) is 13.4. The number of nitrogens with zero attached hydrogens (tertiary/aromatic N) is 3. The Balaban J connectivity index is 1.65. The summed E-state index contributed by atoms with van der Waals surface area (Å²) in [6.45, 7) is 4.31. The summed E-state index contributed by atoms with van der Waals surface area (Å²) in [5.41, 5.74) is 0. The molecule has 0 fully saturated rings. The maximum atomic E-state index is 6.08. The molecule has 0 heterocycles. The third-order valence-electron chi connectivity index (χ3n) is 5.59. The minimum Gasteiger partial charge on any atom is -0.492 e. The van der Waals surface area contributed by atoms with Gasteiger partial charge >= 0.3 is 7.32 Å². The largest absolute Gasteiger partial charge is 0.864 e. The highest BCUT2D eigenvalue weighted by Crippen LogP contribution is 2.24. The molecule has 0 amide bonds. The maximum Gasteiger partial charge on any atom is 0.864 e. The average molecular weight is 551 g/mol. The summed E-state index contributed by atoms with van der Waals surface area (Å²) in [6, 6.07) is 22.1. The molecule has 0 saturated heterocycles. The minimum absolute atomic E-state index is 0.581. The van der Waals surface area contributed by atoms with Gasteiger partial charge in [0.25, 0.3) is 0 Å². The van der Waals surface area contributed by atoms with Crippen LogP contribution in [0.5, 0.6) is 34.5 Å². The van der Waals surface area contributed by atoms with Crippen LogP contribution >= 0.6 is 0 Å². The first kappa shape index (κ1) is 30.9. The van der Waals surface area contributed by atoms with Gasteiger partial charge in [-0.05, 0) is 115 Å². The second-order valence-electron chi connectivity index (χ2n) is 10.0. The van der Waals surface area contributed by atoms with Crippen molar-refractivity contribution in [1.82, 2.24) is 14.7 Å². The number of benzene rings is 3. The maximum absolute atomic E-state index is 6.08. The van der Waals surface area contributed by atoms with Crippen molar-refractivity contribution in [2.75, 3.05) is 81.7 Å². The normalized spacial score (nSPS) is 11.0. The highest BCUT2D eigenvalue weighted by molar-refractivity contribution is 6.39. The van der Waals surface area contributed by atoms with E-state index in [0.29, 0.717) is 37.1 Å².